The van der Waals surface area contributed by atoms with Gasteiger partial charge in [0.25, 0.3) is 0 Å². The van der Waals surface area contributed by atoms with Gasteiger partial charge in [-0.3, -0.25) is 9.59 Å². The van der Waals surface area contributed by atoms with E-state index in [9.17, 15) is 9.59 Å². The molecule has 1 saturated heterocycles. The maximum atomic E-state index is 12.7. The second kappa shape index (κ2) is 6.08. The fraction of sp³-hybridized carbons (Fsp3) is 0.391. The van der Waals surface area contributed by atoms with Crippen LogP contribution in [0.1, 0.15) is 38.7 Å². The van der Waals surface area contributed by atoms with Crippen LogP contribution in [0.25, 0.3) is 11.1 Å². The van der Waals surface area contributed by atoms with Crippen molar-refractivity contribution in [1.29, 1.82) is 0 Å². The van der Waals surface area contributed by atoms with Gasteiger partial charge in [-0.15, -0.1) is 0 Å². The molecule has 0 bridgehead atoms. The van der Waals surface area contributed by atoms with Gasteiger partial charge in [0.05, 0.1) is 11.5 Å². The molecule has 1 amide bonds. The Morgan fingerprint density at radius 3 is 2.23 bits per heavy atom. The number of benzene rings is 2. The molecule has 0 radical (unpaired) electrons. The maximum absolute atomic E-state index is 12.7. The number of amides is 1. The summed E-state index contributed by atoms with van der Waals surface area (Å²) in [6.45, 7) is 5.76. The Balaban J connectivity index is 1.64. The number of hydrogen-bond donors (Lipinski definition) is 1. The van der Waals surface area contributed by atoms with Crippen molar-refractivity contribution in [3.8, 4) is 11.1 Å². The zero-order chi connectivity index (χ0) is 18.5. The number of piperidine rings is 1. The first-order chi connectivity index (χ1) is 12.5. The summed E-state index contributed by atoms with van der Waals surface area (Å²) in [5.41, 5.74) is 3.19. The Labute approximate surface area is 154 Å². The Kier molecular flexibility index (Phi) is 3.98. The summed E-state index contributed by atoms with van der Waals surface area (Å²) in [6, 6.07) is 18.5. The lowest BCUT2D eigenvalue weighted by molar-refractivity contribution is -0.135. The van der Waals surface area contributed by atoms with Gasteiger partial charge in [-0.25, -0.2) is 0 Å². The van der Waals surface area contributed by atoms with Gasteiger partial charge in [-0.2, -0.15) is 0 Å². The zero-order valence-corrected chi connectivity index (χ0v) is 15.5. The minimum atomic E-state index is -0.388. The van der Waals surface area contributed by atoms with Crippen LogP contribution in [0.2, 0.25) is 0 Å². The van der Waals surface area contributed by atoms with Crippen LogP contribution in [0.4, 0.5) is 0 Å². The third-order valence-corrected chi connectivity index (χ3v) is 6.54. The van der Waals surface area contributed by atoms with Crippen molar-refractivity contribution in [1.82, 2.24) is 5.32 Å². The molecule has 134 valence electrons. The molecule has 1 heterocycles. The molecular weight excluding hydrogens is 322 g/mol. The lowest BCUT2D eigenvalue weighted by Crippen LogP contribution is -2.52. The van der Waals surface area contributed by atoms with Crippen LogP contribution >= 0.6 is 0 Å². The lowest BCUT2D eigenvalue weighted by Gasteiger charge is -2.32. The van der Waals surface area contributed by atoms with E-state index in [1.807, 2.05) is 18.2 Å². The van der Waals surface area contributed by atoms with Gasteiger partial charge in [-0.05, 0) is 42.4 Å². The molecule has 2 fully saturated rings. The van der Waals surface area contributed by atoms with Crippen molar-refractivity contribution in [3.63, 3.8) is 0 Å². The topological polar surface area (TPSA) is 46.2 Å². The van der Waals surface area contributed by atoms with E-state index in [0.717, 1.165) is 6.42 Å². The summed E-state index contributed by atoms with van der Waals surface area (Å²) in [4.78, 5) is 24.8. The fourth-order valence-corrected chi connectivity index (χ4v) is 5.10. The minimum Gasteiger partial charge on any atom is -0.346 e. The molecule has 1 N–H and O–H groups in total. The second-order valence-corrected chi connectivity index (χ2v) is 7.91. The first-order valence-corrected chi connectivity index (χ1v) is 9.45. The molecular formula is C23H25NO2. The average Bonchev–Trinajstić information content (AvgIpc) is 3.30. The highest BCUT2D eigenvalue weighted by molar-refractivity contribution is 5.95. The summed E-state index contributed by atoms with van der Waals surface area (Å²) < 4.78 is 0. The SMILES string of the molecule is CCC1C2[C@H](c3ccc(-c4ccccc4)cc3)C2(C)C(=O)N[C@@H]1C(C)=O. The van der Waals surface area contributed by atoms with Crippen molar-refractivity contribution >= 4 is 11.7 Å². The molecule has 4 rings (SSSR count). The van der Waals surface area contributed by atoms with E-state index in [1.165, 1.54) is 16.7 Å². The number of rotatable bonds is 4. The first-order valence-electron chi connectivity index (χ1n) is 9.45. The summed E-state index contributed by atoms with van der Waals surface area (Å²) in [7, 11) is 0. The van der Waals surface area contributed by atoms with Gasteiger partial charge in [0.15, 0.2) is 5.78 Å². The summed E-state index contributed by atoms with van der Waals surface area (Å²) in [5, 5.41) is 3.00. The Bertz CT molecular complexity index is 842. The predicted molar refractivity (Wildman–Crippen MR) is 103 cm³/mol. The van der Waals surface area contributed by atoms with Crippen molar-refractivity contribution in [2.75, 3.05) is 0 Å². The van der Waals surface area contributed by atoms with Gasteiger partial charge in [0, 0.05) is 5.92 Å². The Hall–Kier alpha value is -2.42. The van der Waals surface area contributed by atoms with E-state index < -0.39 is 0 Å². The molecule has 3 unspecified atom stereocenters. The number of carbonyl (C=O) groups excluding carboxylic acids is 2. The van der Waals surface area contributed by atoms with Crippen LogP contribution in [-0.4, -0.2) is 17.7 Å². The number of ketones is 1. The van der Waals surface area contributed by atoms with Crippen LogP contribution in [0.3, 0.4) is 0 Å². The van der Waals surface area contributed by atoms with Crippen LogP contribution in [0.5, 0.6) is 0 Å². The first kappa shape index (κ1) is 17.0. The van der Waals surface area contributed by atoms with E-state index in [2.05, 4.69) is 55.6 Å². The van der Waals surface area contributed by atoms with Crippen LogP contribution in [-0.2, 0) is 9.59 Å². The third kappa shape index (κ3) is 2.41. The predicted octanol–water partition coefficient (Wildman–Crippen LogP) is 4.19. The highest BCUT2D eigenvalue weighted by Gasteiger charge is 2.72. The summed E-state index contributed by atoms with van der Waals surface area (Å²) >= 11 is 0. The molecule has 0 spiro atoms. The Morgan fingerprint density at radius 2 is 1.65 bits per heavy atom. The monoisotopic (exact) mass is 347 g/mol. The highest BCUT2D eigenvalue weighted by Crippen LogP contribution is 2.70. The molecule has 2 aromatic rings. The quantitative estimate of drug-likeness (QED) is 0.901. The molecule has 3 heteroatoms. The van der Waals surface area contributed by atoms with E-state index >= 15 is 0 Å². The van der Waals surface area contributed by atoms with Crippen LogP contribution in [0.15, 0.2) is 54.6 Å². The number of carbonyl (C=O) groups is 2. The number of Topliss-reactive ketones (excluding diaryl/α,β-unsaturated/α-hetero) is 1. The van der Waals surface area contributed by atoms with Crippen molar-refractivity contribution < 1.29 is 9.59 Å². The number of fused-ring (bicyclic) bond motifs is 1. The molecule has 2 aliphatic rings. The molecule has 2 aromatic carbocycles. The summed E-state index contributed by atoms with van der Waals surface area (Å²) in [6.07, 6.45) is 0.906. The van der Waals surface area contributed by atoms with Gasteiger partial charge in [-0.1, -0.05) is 67.9 Å². The highest BCUT2D eigenvalue weighted by atomic mass is 16.2. The van der Waals surface area contributed by atoms with E-state index in [1.54, 1.807) is 6.92 Å². The van der Waals surface area contributed by atoms with Gasteiger partial charge >= 0.3 is 0 Å². The van der Waals surface area contributed by atoms with E-state index in [4.69, 9.17) is 0 Å². The number of hydrogen-bond acceptors (Lipinski definition) is 2. The second-order valence-electron chi connectivity index (χ2n) is 7.91. The van der Waals surface area contributed by atoms with E-state index in [-0.39, 0.29) is 40.9 Å². The molecule has 5 atom stereocenters. The Morgan fingerprint density at radius 1 is 1.04 bits per heavy atom. The average molecular weight is 347 g/mol. The van der Waals surface area contributed by atoms with Crippen LogP contribution in [0, 0.1) is 17.3 Å². The van der Waals surface area contributed by atoms with Gasteiger partial charge in [0.1, 0.15) is 0 Å². The van der Waals surface area contributed by atoms with Crippen LogP contribution < -0.4 is 5.32 Å². The maximum Gasteiger partial charge on any atom is 0.227 e. The smallest absolute Gasteiger partial charge is 0.227 e. The van der Waals surface area contributed by atoms with E-state index in [0.29, 0.717) is 0 Å². The zero-order valence-electron chi connectivity index (χ0n) is 15.5. The summed E-state index contributed by atoms with van der Waals surface area (Å²) in [5.74, 6) is 0.759. The third-order valence-electron chi connectivity index (χ3n) is 6.54. The van der Waals surface area contributed by atoms with Crippen molar-refractivity contribution in [2.45, 2.75) is 39.2 Å². The lowest BCUT2D eigenvalue weighted by atomic mass is 9.82. The molecule has 3 nitrogen and oxygen atoms in total. The molecule has 0 aromatic heterocycles. The van der Waals surface area contributed by atoms with Crippen molar-refractivity contribution in [3.05, 3.63) is 60.2 Å². The van der Waals surface area contributed by atoms with Crippen molar-refractivity contribution in [2.24, 2.45) is 17.3 Å². The molecule has 1 saturated carbocycles. The number of nitrogens with one attached hydrogen (secondary N) is 1. The molecule has 1 aliphatic heterocycles. The standard InChI is InChI=1S/C23H25NO2/c1-4-18-20-19(23(20,3)22(26)24-21(18)14(2)25)17-12-10-16(11-13-17)15-8-6-5-7-9-15/h5-13,18-21H,4H2,1-3H3,(H,24,26)/t18?,19-,20?,21+,23?/m0/s1. The fourth-order valence-electron chi connectivity index (χ4n) is 5.10. The van der Waals surface area contributed by atoms with Gasteiger partial charge in [0.2, 0.25) is 5.91 Å². The molecule has 1 aliphatic carbocycles. The normalized spacial score (nSPS) is 32.5. The largest absolute Gasteiger partial charge is 0.346 e. The molecule has 26 heavy (non-hydrogen) atoms. The van der Waals surface area contributed by atoms with Gasteiger partial charge < -0.3 is 5.32 Å². The minimum absolute atomic E-state index is 0.0320.